The first kappa shape index (κ1) is 19.9. The fraction of sp³-hybridized carbons (Fsp3) is 0.263. The molecule has 0 spiro atoms. The Morgan fingerprint density at radius 2 is 1.69 bits per heavy atom. The third-order valence-corrected chi connectivity index (χ3v) is 4.59. The van der Waals surface area contributed by atoms with Crippen molar-refractivity contribution >= 4 is 23.1 Å². The lowest BCUT2D eigenvalue weighted by atomic mass is 9.88. The highest BCUT2D eigenvalue weighted by Crippen LogP contribution is 2.29. The number of oxime groups is 1. The molecular formula is C19H17N3O7. The van der Waals surface area contributed by atoms with Crippen molar-refractivity contribution in [3.8, 4) is 5.75 Å². The summed E-state index contributed by atoms with van der Waals surface area (Å²) in [6.07, 6.45) is 2.22. The van der Waals surface area contributed by atoms with Crippen LogP contribution in [0.25, 0.3) is 0 Å². The Labute approximate surface area is 165 Å². The van der Waals surface area contributed by atoms with Crippen LogP contribution in [0.1, 0.15) is 39.9 Å². The number of nitro groups is 2. The molecular weight excluding hydrogens is 382 g/mol. The number of aryl methyl sites for hydroxylation is 2. The molecule has 3 rings (SSSR count). The van der Waals surface area contributed by atoms with Gasteiger partial charge in [-0.2, -0.15) is 0 Å². The Morgan fingerprint density at radius 1 is 1.03 bits per heavy atom. The third kappa shape index (κ3) is 4.21. The molecule has 0 amide bonds. The second-order valence-corrected chi connectivity index (χ2v) is 6.50. The van der Waals surface area contributed by atoms with Gasteiger partial charge in [-0.15, -0.1) is 0 Å². The van der Waals surface area contributed by atoms with Crippen molar-refractivity contribution in [3.05, 3.63) is 72.8 Å². The number of benzene rings is 2. The first-order valence-corrected chi connectivity index (χ1v) is 8.70. The van der Waals surface area contributed by atoms with Crippen LogP contribution in [0, 0.1) is 27.2 Å². The van der Waals surface area contributed by atoms with Gasteiger partial charge in [-0.25, -0.2) is 4.79 Å². The van der Waals surface area contributed by atoms with E-state index in [9.17, 15) is 25.0 Å². The number of fused-ring (bicyclic) bond motifs is 1. The van der Waals surface area contributed by atoms with E-state index < -0.39 is 27.2 Å². The van der Waals surface area contributed by atoms with Crippen molar-refractivity contribution in [1.29, 1.82) is 0 Å². The summed E-state index contributed by atoms with van der Waals surface area (Å²) in [5, 5.41) is 25.9. The van der Waals surface area contributed by atoms with Crippen molar-refractivity contribution in [2.24, 2.45) is 5.16 Å². The molecule has 0 radical (unpaired) electrons. The van der Waals surface area contributed by atoms with Gasteiger partial charge in [-0.3, -0.25) is 20.2 Å². The molecule has 0 fully saturated rings. The van der Waals surface area contributed by atoms with Gasteiger partial charge in [0.15, 0.2) is 0 Å². The predicted octanol–water partition coefficient (Wildman–Crippen LogP) is 3.72. The molecule has 29 heavy (non-hydrogen) atoms. The Kier molecular flexibility index (Phi) is 5.53. The van der Waals surface area contributed by atoms with Crippen molar-refractivity contribution in [1.82, 2.24) is 0 Å². The van der Waals surface area contributed by atoms with Crippen LogP contribution in [0.5, 0.6) is 5.75 Å². The summed E-state index contributed by atoms with van der Waals surface area (Å²) in [7, 11) is 1.59. The van der Waals surface area contributed by atoms with E-state index in [-0.39, 0.29) is 5.56 Å². The minimum absolute atomic E-state index is 0.322. The first-order chi connectivity index (χ1) is 13.8. The van der Waals surface area contributed by atoms with E-state index >= 15 is 0 Å². The molecule has 0 bridgehead atoms. The molecule has 0 heterocycles. The molecule has 2 aromatic rings. The minimum Gasteiger partial charge on any atom is -0.496 e. The molecule has 10 heteroatoms. The topological polar surface area (TPSA) is 134 Å². The number of non-ortho nitro benzene ring substituents is 2. The number of methoxy groups -OCH3 is 1. The van der Waals surface area contributed by atoms with Crippen LogP contribution in [0.4, 0.5) is 11.4 Å². The Hall–Kier alpha value is -3.82. The van der Waals surface area contributed by atoms with E-state index in [4.69, 9.17) is 9.57 Å². The van der Waals surface area contributed by atoms with Gasteiger partial charge >= 0.3 is 5.97 Å². The summed E-state index contributed by atoms with van der Waals surface area (Å²) in [4.78, 5) is 37.6. The van der Waals surface area contributed by atoms with Crippen LogP contribution in [0.15, 0.2) is 35.5 Å². The number of rotatable bonds is 5. The molecule has 0 saturated heterocycles. The molecule has 0 aromatic heterocycles. The summed E-state index contributed by atoms with van der Waals surface area (Å²) in [6.45, 7) is 1.89. The predicted molar refractivity (Wildman–Crippen MR) is 102 cm³/mol. The highest BCUT2D eigenvalue weighted by Gasteiger charge is 2.22. The smallest absolute Gasteiger partial charge is 0.366 e. The Balaban J connectivity index is 1.90. The van der Waals surface area contributed by atoms with Gasteiger partial charge in [-0.1, -0.05) is 5.16 Å². The van der Waals surface area contributed by atoms with Crippen LogP contribution in [0.2, 0.25) is 0 Å². The van der Waals surface area contributed by atoms with Gasteiger partial charge in [0.2, 0.25) is 0 Å². The number of carbonyl (C=O) groups is 1. The number of nitro benzene ring substituents is 2. The maximum absolute atomic E-state index is 12.3. The van der Waals surface area contributed by atoms with Crippen LogP contribution < -0.4 is 4.74 Å². The number of nitrogens with zero attached hydrogens (tertiary/aromatic N) is 3. The average molecular weight is 399 g/mol. The Morgan fingerprint density at radius 3 is 2.28 bits per heavy atom. The molecule has 0 N–H and O–H groups in total. The third-order valence-electron chi connectivity index (χ3n) is 4.59. The summed E-state index contributed by atoms with van der Waals surface area (Å²) in [5.41, 5.74) is 1.84. The van der Waals surface area contributed by atoms with Crippen molar-refractivity contribution in [3.63, 3.8) is 0 Å². The zero-order chi connectivity index (χ0) is 21.1. The molecule has 2 aromatic carbocycles. The fourth-order valence-electron chi connectivity index (χ4n) is 3.17. The molecule has 0 unspecified atom stereocenters. The SMILES string of the molecule is COc1cc2c(cc1C)/C(=N/OC(=O)c1cc([N+](=O)[O-])cc([N+](=O)[O-])c1)CCC2. The van der Waals surface area contributed by atoms with Gasteiger partial charge in [0, 0.05) is 17.7 Å². The summed E-state index contributed by atoms with van der Waals surface area (Å²) >= 11 is 0. The molecule has 1 aliphatic rings. The summed E-state index contributed by atoms with van der Waals surface area (Å²) < 4.78 is 5.33. The summed E-state index contributed by atoms with van der Waals surface area (Å²) in [6, 6.07) is 6.43. The second kappa shape index (κ2) is 8.05. The number of ether oxygens (including phenoxy) is 1. The standard InChI is InChI=1S/C19H17N3O7/c1-11-6-16-12(9-18(11)28-2)4-3-5-17(16)20-29-19(23)13-7-14(21(24)25)10-15(8-13)22(26)27/h6-10H,3-5H2,1-2H3/b20-17+. The van der Waals surface area contributed by atoms with Gasteiger partial charge in [0.1, 0.15) is 5.75 Å². The largest absolute Gasteiger partial charge is 0.496 e. The van der Waals surface area contributed by atoms with Gasteiger partial charge in [0.25, 0.3) is 11.4 Å². The van der Waals surface area contributed by atoms with E-state index in [0.717, 1.165) is 53.5 Å². The van der Waals surface area contributed by atoms with Crippen molar-refractivity contribution < 1.29 is 24.2 Å². The van der Waals surface area contributed by atoms with Crippen LogP contribution in [-0.4, -0.2) is 28.6 Å². The molecule has 0 atom stereocenters. The normalized spacial score (nSPS) is 14.2. The molecule has 0 saturated carbocycles. The van der Waals surface area contributed by atoms with Crippen molar-refractivity contribution in [2.75, 3.05) is 7.11 Å². The number of hydrogen-bond donors (Lipinski definition) is 0. The lowest BCUT2D eigenvalue weighted by Gasteiger charge is -2.19. The van der Waals surface area contributed by atoms with E-state index in [2.05, 4.69) is 5.16 Å². The highest BCUT2D eigenvalue weighted by atomic mass is 16.7. The van der Waals surface area contributed by atoms with Crippen LogP contribution in [-0.2, 0) is 11.3 Å². The average Bonchev–Trinajstić information content (AvgIpc) is 2.71. The minimum atomic E-state index is -1.01. The van der Waals surface area contributed by atoms with Gasteiger partial charge in [-0.05, 0) is 49.4 Å². The highest BCUT2D eigenvalue weighted by molar-refractivity contribution is 6.03. The lowest BCUT2D eigenvalue weighted by molar-refractivity contribution is -0.394. The van der Waals surface area contributed by atoms with Crippen LogP contribution >= 0.6 is 0 Å². The zero-order valence-electron chi connectivity index (χ0n) is 15.7. The van der Waals surface area contributed by atoms with Crippen LogP contribution in [0.3, 0.4) is 0 Å². The van der Waals surface area contributed by atoms with E-state index in [1.807, 2.05) is 19.1 Å². The van der Waals surface area contributed by atoms with Crippen molar-refractivity contribution in [2.45, 2.75) is 26.2 Å². The monoisotopic (exact) mass is 399 g/mol. The second-order valence-electron chi connectivity index (χ2n) is 6.50. The number of carbonyl (C=O) groups excluding carboxylic acids is 1. The quantitative estimate of drug-likeness (QED) is 0.425. The maximum Gasteiger partial charge on any atom is 0.366 e. The van der Waals surface area contributed by atoms with Gasteiger partial charge < -0.3 is 9.57 Å². The maximum atomic E-state index is 12.3. The molecule has 0 aliphatic heterocycles. The lowest BCUT2D eigenvalue weighted by Crippen LogP contribution is -2.14. The van der Waals surface area contributed by atoms with E-state index in [1.165, 1.54) is 0 Å². The van der Waals surface area contributed by atoms with Gasteiger partial charge in [0.05, 0.1) is 34.3 Å². The molecule has 150 valence electrons. The summed E-state index contributed by atoms with van der Waals surface area (Å²) in [5.74, 6) is -0.257. The number of hydrogen-bond acceptors (Lipinski definition) is 8. The molecule has 1 aliphatic carbocycles. The first-order valence-electron chi connectivity index (χ1n) is 8.70. The van der Waals surface area contributed by atoms with E-state index in [1.54, 1.807) is 7.11 Å². The van der Waals surface area contributed by atoms with E-state index in [0.29, 0.717) is 12.1 Å². The Bertz CT molecular complexity index is 1010. The fourth-order valence-corrected chi connectivity index (χ4v) is 3.17. The zero-order valence-corrected chi connectivity index (χ0v) is 15.7. The molecule has 10 nitrogen and oxygen atoms in total.